The first-order chi connectivity index (χ1) is 15.6. The number of fused-ring (bicyclic) bond motifs is 7. The Hall–Kier alpha value is -1.25. The maximum Gasteiger partial charge on any atom is 0.159 e. The zero-order valence-electron chi connectivity index (χ0n) is 22.8. The summed E-state index contributed by atoms with van der Waals surface area (Å²) in [5.41, 5.74) is 0.867. The first kappa shape index (κ1) is 24.4. The normalized spacial score (nSPS) is 51.4. The fraction of sp³-hybridized carbons (Fsp3) is 0.839. The summed E-state index contributed by atoms with van der Waals surface area (Å²) in [5.74, 6) is 0.572. The highest BCUT2D eigenvalue weighted by Gasteiger charge is 2.69. The average molecular weight is 467 g/mol. The van der Waals surface area contributed by atoms with Gasteiger partial charge in [0.25, 0.3) is 0 Å². The molecule has 1 unspecified atom stereocenters. The molecular weight excluding hydrogens is 420 g/mol. The van der Waals surface area contributed by atoms with Crippen LogP contribution in [0, 0.1) is 56.2 Å². The largest absolute Gasteiger partial charge is 0.303 e. The van der Waals surface area contributed by atoms with Gasteiger partial charge in [-0.3, -0.25) is 9.59 Å². The molecule has 0 saturated heterocycles. The fourth-order valence-electron chi connectivity index (χ4n) is 10.4. The number of rotatable bonds is 1. The average Bonchev–Trinajstić information content (AvgIpc) is 2.74. The topological polar surface area (TPSA) is 51.2 Å². The number of carbonyl (C=O) groups excluding carboxylic acids is 3. The summed E-state index contributed by atoms with van der Waals surface area (Å²) in [6.07, 6.45) is 11.5. The van der Waals surface area contributed by atoms with Crippen molar-refractivity contribution in [1.82, 2.24) is 0 Å². The van der Waals surface area contributed by atoms with Crippen LogP contribution in [0.2, 0.25) is 0 Å². The number of hydrogen-bond donors (Lipinski definition) is 0. The highest BCUT2D eigenvalue weighted by atomic mass is 16.1. The molecule has 0 aliphatic heterocycles. The molecule has 188 valence electrons. The molecule has 0 spiro atoms. The van der Waals surface area contributed by atoms with Crippen LogP contribution in [0.25, 0.3) is 0 Å². The van der Waals surface area contributed by atoms with Crippen LogP contribution < -0.4 is 0 Å². The highest BCUT2D eigenvalue weighted by Crippen LogP contribution is 2.75. The Morgan fingerprint density at radius 3 is 2.15 bits per heavy atom. The molecular formula is C31H46O3. The van der Waals surface area contributed by atoms with E-state index >= 15 is 0 Å². The summed E-state index contributed by atoms with van der Waals surface area (Å²) >= 11 is 0. The van der Waals surface area contributed by atoms with E-state index in [1.54, 1.807) is 0 Å². The van der Waals surface area contributed by atoms with Crippen LogP contribution in [-0.4, -0.2) is 17.9 Å². The van der Waals surface area contributed by atoms with Gasteiger partial charge in [0.05, 0.1) is 5.92 Å². The van der Waals surface area contributed by atoms with Crippen LogP contribution in [0.4, 0.5) is 0 Å². The summed E-state index contributed by atoms with van der Waals surface area (Å²) in [5, 5.41) is 0. The van der Waals surface area contributed by atoms with Gasteiger partial charge in [-0.25, -0.2) is 0 Å². The third kappa shape index (κ3) is 2.85. The molecule has 5 rings (SSSR count). The molecule has 0 heterocycles. The summed E-state index contributed by atoms with van der Waals surface area (Å²) in [6, 6.07) is 0. The van der Waals surface area contributed by atoms with Crippen LogP contribution >= 0.6 is 0 Å². The van der Waals surface area contributed by atoms with Crippen molar-refractivity contribution in [3.63, 3.8) is 0 Å². The molecule has 0 N–H and O–H groups in total. The van der Waals surface area contributed by atoms with E-state index in [9.17, 15) is 14.4 Å². The van der Waals surface area contributed by atoms with Gasteiger partial charge in [0.1, 0.15) is 12.1 Å². The van der Waals surface area contributed by atoms with Crippen molar-refractivity contribution in [2.45, 2.75) is 107 Å². The Morgan fingerprint density at radius 2 is 1.50 bits per heavy atom. The van der Waals surface area contributed by atoms with Gasteiger partial charge in [-0.15, -0.1) is 0 Å². The fourth-order valence-corrected chi connectivity index (χ4v) is 10.4. The van der Waals surface area contributed by atoms with Crippen molar-refractivity contribution >= 4 is 17.9 Å². The Kier molecular flexibility index (Phi) is 4.99. The summed E-state index contributed by atoms with van der Waals surface area (Å²) in [7, 11) is 0. The molecule has 0 aromatic carbocycles. The third-order valence-electron chi connectivity index (χ3n) is 12.8. The molecule has 3 nitrogen and oxygen atoms in total. The number of aldehydes is 1. The molecule has 0 aromatic rings. The molecule has 34 heavy (non-hydrogen) atoms. The van der Waals surface area contributed by atoms with Gasteiger partial charge < -0.3 is 4.79 Å². The van der Waals surface area contributed by atoms with Gasteiger partial charge in [-0.05, 0) is 96.4 Å². The van der Waals surface area contributed by atoms with Crippen molar-refractivity contribution in [3.8, 4) is 0 Å². The highest BCUT2D eigenvalue weighted by molar-refractivity contribution is 5.99. The lowest BCUT2D eigenvalue weighted by atomic mass is 9.33. The van der Waals surface area contributed by atoms with E-state index < -0.39 is 11.3 Å². The quantitative estimate of drug-likeness (QED) is 0.309. The van der Waals surface area contributed by atoms with Crippen molar-refractivity contribution < 1.29 is 14.4 Å². The molecule has 5 aliphatic rings. The number of allylic oxidation sites excluding steroid dienone is 2. The molecule has 5 aliphatic carbocycles. The molecule has 8 atom stereocenters. The maximum atomic E-state index is 14.2. The van der Waals surface area contributed by atoms with Crippen LogP contribution in [0.5, 0.6) is 0 Å². The van der Waals surface area contributed by atoms with E-state index in [1.807, 2.05) is 13.8 Å². The van der Waals surface area contributed by atoms with Gasteiger partial charge in [0.15, 0.2) is 5.78 Å². The second kappa shape index (κ2) is 6.94. The van der Waals surface area contributed by atoms with Crippen LogP contribution in [0.15, 0.2) is 11.6 Å². The first-order valence-electron chi connectivity index (χ1n) is 13.8. The van der Waals surface area contributed by atoms with E-state index in [-0.39, 0.29) is 39.3 Å². The Balaban J connectivity index is 1.65. The molecule has 0 radical (unpaired) electrons. The molecule has 0 aromatic heterocycles. The second-order valence-corrected chi connectivity index (χ2v) is 15.4. The van der Waals surface area contributed by atoms with E-state index in [4.69, 9.17) is 0 Å². The van der Waals surface area contributed by atoms with Gasteiger partial charge >= 0.3 is 0 Å². The van der Waals surface area contributed by atoms with Crippen LogP contribution in [-0.2, 0) is 14.4 Å². The maximum absolute atomic E-state index is 14.2. The number of ketones is 2. The Labute approximate surface area is 206 Å². The van der Waals surface area contributed by atoms with Gasteiger partial charge in [-0.2, -0.15) is 0 Å². The van der Waals surface area contributed by atoms with Gasteiger partial charge in [-0.1, -0.05) is 61.0 Å². The zero-order valence-corrected chi connectivity index (χ0v) is 22.8. The van der Waals surface area contributed by atoms with Gasteiger partial charge in [0, 0.05) is 11.3 Å². The second-order valence-electron chi connectivity index (χ2n) is 15.4. The minimum absolute atomic E-state index is 0.0658. The molecule has 0 amide bonds. The van der Waals surface area contributed by atoms with Crippen LogP contribution in [0.3, 0.4) is 0 Å². The van der Waals surface area contributed by atoms with Crippen molar-refractivity contribution in [2.24, 2.45) is 56.2 Å². The molecule has 4 saturated carbocycles. The smallest absolute Gasteiger partial charge is 0.159 e. The number of carbonyl (C=O) groups is 3. The van der Waals surface area contributed by atoms with E-state index in [0.29, 0.717) is 23.5 Å². The molecule has 4 fully saturated rings. The lowest BCUT2D eigenvalue weighted by molar-refractivity contribution is -0.175. The Morgan fingerprint density at radius 1 is 0.853 bits per heavy atom. The van der Waals surface area contributed by atoms with Crippen molar-refractivity contribution in [3.05, 3.63) is 11.6 Å². The van der Waals surface area contributed by atoms with Gasteiger partial charge in [0.2, 0.25) is 0 Å². The summed E-state index contributed by atoms with van der Waals surface area (Å²) in [6.45, 7) is 18.5. The molecule has 0 bridgehead atoms. The van der Waals surface area contributed by atoms with E-state index in [1.165, 1.54) is 24.8 Å². The standard InChI is InChI=1S/C31H46O3/c1-26(2)11-12-28(5)13-14-31(8)24(20(28)17-26)21(33)15-23-29(6)16-19(18-32)25(34)27(3,4)22(29)9-10-30(23,31)7/h15,18-20,22,24H,9-14,16-17H2,1-8H3/t19?,20-,22-,24-,28+,29-,30+,31+/m0/s1. The van der Waals surface area contributed by atoms with Crippen LogP contribution in [0.1, 0.15) is 107 Å². The SMILES string of the molecule is CC1(C)CC[C@]2(C)CC[C@]3(C)[C@H](C(=O)C=C4[C@@]5(C)CC(C=O)C(=O)C(C)(C)[C@@H]5CC[C@]43C)[C@@H]2C1. The Bertz CT molecular complexity index is 987. The predicted molar refractivity (Wildman–Crippen MR) is 135 cm³/mol. The number of Topliss-reactive ketones (excluding diaryl/α,β-unsaturated/α-hetero) is 1. The molecule has 3 heteroatoms. The van der Waals surface area contributed by atoms with Crippen molar-refractivity contribution in [1.29, 1.82) is 0 Å². The van der Waals surface area contributed by atoms with Crippen molar-refractivity contribution in [2.75, 3.05) is 0 Å². The zero-order chi connectivity index (χ0) is 25.1. The minimum Gasteiger partial charge on any atom is -0.303 e. The third-order valence-corrected chi connectivity index (χ3v) is 12.8. The first-order valence-corrected chi connectivity index (χ1v) is 13.8. The summed E-state index contributed by atoms with van der Waals surface area (Å²) in [4.78, 5) is 39.4. The lowest BCUT2D eigenvalue weighted by Gasteiger charge is -2.70. The van der Waals surface area contributed by atoms with E-state index in [2.05, 4.69) is 47.6 Å². The lowest BCUT2D eigenvalue weighted by Crippen LogP contribution is -2.65. The predicted octanol–water partition coefficient (Wildman–Crippen LogP) is 6.98. The minimum atomic E-state index is -0.561. The number of hydrogen-bond acceptors (Lipinski definition) is 3. The monoisotopic (exact) mass is 466 g/mol. The summed E-state index contributed by atoms with van der Waals surface area (Å²) < 4.78 is 0. The van der Waals surface area contributed by atoms with E-state index in [0.717, 1.165) is 32.0 Å².